The zero-order chi connectivity index (χ0) is 28.4. The molecule has 0 saturated heterocycles. The smallest absolute Gasteiger partial charge is 0.252 e. The monoisotopic (exact) mass is 550 g/mol. The lowest BCUT2D eigenvalue weighted by Gasteiger charge is -2.38. The first-order chi connectivity index (χ1) is 19.2. The average Bonchev–Trinajstić information content (AvgIpc) is 3.58. The van der Waals surface area contributed by atoms with Crippen molar-refractivity contribution in [1.29, 1.82) is 0 Å². The number of carbonyl (C=O) groups excluding carboxylic acids is 1. The van der Waals surface area contributed by atoms with Crippen molar-refractivity contribution >= 4 is 17.5 Å². The molecule has 4 aromatic heterocycles. The molecule has 4 heterocycles. The van der Waals surface area contributed by atoms with Crippen LogP contribution in [0.5, 0.6) is 11.5 Å². The van der Waals surface area contributed by atoms with Gasteiger partial charge < -0.3 is 25.6 Å². The van der Waals surface area contributed by atoms with Gasteiger partial charge in [0.15, 0.2) is 29.0 Å². The Morgan fingerprint density at radius 1 is 1.23 bits per heavy atom. The van der Waals surface area contributed by atoms with Gasteiger partial charge in [-0.25, -0.2) is 19.0 Å². The van der Waals surface area contributed by atoms with Crippen molar-refractivity contribution in [1.82, 2.24) is 35.3 Å². The van der Waals surface area contributed by atoms with E-state index >= 15 is 0 Å². The molecule has 5 rings (SSSR count). The minimum Gasteiger partial charge on any atom is -0.504 e. The molecule has 40 heavy (non-hydrogen) atoms. The Hall–Kier alpha value is -4.52. The number of amides is 1. The second kappa shape index (κ2) is 10.9. The van der Waals surface area contributed by atoms with Crippen molar-refractivity contribution in [3.8, 4) is 17.3 Å². The van der Waals surface area contributed by atoms with Crippen LogP contribution in [0.15, 0.2) is 42.9 Å². The molecule has 0 unspecified atom stereocenters. The topological polar surface area (TPSA) is 163 Å². The molecule has 4 aromatic rings. The lowest BCUT2D eigenvalue weighted by Crippen LogP contribution is -2.50. The predicted molar refractivity (Wildman–Crippen MR) is 143 cm³/mol. The fraction of sp³-hybridized carbons (Fsp3) is 0.370. The molecule has 1 fully saturated rings. The summed E-state index contributed by atoms with van der Waals surface area (Å²) in [6.07, 6.45) is 5.76. The largest absolute Gasteiger partial charge is 0.504 e. The van der Waals surface area contributed by atoms with Crippen molar-refractivity contribution in [3.63, 3.8) is 0 Å². The van der Waals surface area contributed by atoms with Gasteiger partial charge in [-0.1, -0.05) is 6.07 Å². The molecule has 12 nitrogen and oxygen atoms in total. The summed E-state index contributed by atoms with van der Waals surface area (Å²) in [6, 6.07) is 6.28. The Morgan fingerprint density at radius 3 is 2.60 bits per heavy atom. The number of pyridine rings is 2. The number of ether oxygens (including phenoxy) is 1. The maximum atomic E-state index is 13.4. The van der Waals surface area contributed by atoms with Crippen molar-refractivity contribution in [2.24, 2.45) is 0 Å². The van der Waals surface area contributed by atoms with Crippen molar-refractivity contribution in [2.45, 2.75) is 57.1 Å². The Morgan fingerprint density at radius 2 is 2.00 bits per heavy atom. The van der Waals surface area contributed by atoms with Crippen LogP contribution in [0.3, 0.4) is 0 Å². The first kappa shape index (κ1) is 27.1. The van der Waals surface area contributed by atoms with E-state index in [0.29, 0.717) is 48.8 Å². The van der Waals surface area contributed by atoms with Crippen LogP contribution < -0.4 is 10.6 Å². The fourth-order valence-electron chi connectivity index (χ4n) is 5.01. The SMILES string of the molecule is CO[C@]1(C(=O)N[C@@H](C)c2ccc(-n3cc(F)cn3)nc2)CC[C@H](c2nc(Nc3cc(C)[nH]n3)cc(O)c2O)CC1. The zero-order valence-electron chi connectivity index (χ0n) is 22.3. The standard InChI is InChI=1S/C27H31FN8O4/c1-15-10-22(35-34-15)32-21-11-20(37)25(38)24(33-21)17-6-8-27(40-3,9-7-17)26(39)31-16(2)18-4-5-23(29-12-18)36-14-19(28)13-30-36/h4-5,10-14,16-17,38H,6-9H2,1-3H3,(H,31,39)(H3,32,33,34,35,37)/t16-,17-,27+/m0/s1. The molecular weight excluding hydrogens is 519 g/mol. The highest BCUT2D eigenvalue weighted by atomic mass is 19.1. The molecule has 1 aliphatic carbocycles. The number of aromatic amines is 1. The predicted octanol–water partition coefficient (Wildman–Crippen LogP) is 3.91. The first-order valence-corrected chi connectivity index (χ1v) is 12.9. The number of anilines is 2. The molecule has 1 atom stereocenters. The Balaban J connectivity index is 1.24. The van der Waals surface area contributed by atoms with Crippen LogP contribution in [0, 0.1) is 12.7 Å². The van der Waals surface area contributed by atoms with Gasteiger partial charge in [0.1, 0.15) is 11.4 Å². The van der Waals surface area contributed by atoms with Crippen LogP contribution in [-0.2, 0) is 9.53 Å². The van der Waals surface area contributed by atoms with Crippen LogP contribution >= 0.6 is 0 Å². The van der Waals surface area contributed by atoms with Gasteiger partial charge in [0, 0.05) is 37.1 Å². The van der Waals surface area contributed by atoms with Crippen LogP contribution in [0.2, 0.25) is 0 Å². The number of aryl methyl sites for hydroxylation is 1. The van der Waals surface area contributed by atoms with Gasteiger partial charge in [-0.05, 0) is 51.2 Å². The number of nitrogens with one attached hydrogen (secondary N) is 3. The van der Waals surface area contributed by atoms with E-state index in [4.69, 9.17) is 4.74 Å². The molecule has 0 aliphatic heterocycles. The number of carbonyl (C=O) groups is 1. The summed E-state index contributed by atoms with van der Waals surface area (Å²) in [6.45, 7) is 3.71. The third-order valence-electron chi connectivity index (χ3n) is 7.35. The van der Waals surface area contributed by atoms with Gasteiger partial charge in [0.25, 0.3) is 5.91 Å². The number of nitrogens with zero attached hydrogens (tertiary/aromatic N) is 5. The molecule has 210 valence electrons. The minimum absolute atomic E-state index is 0.189. The van der Waals surface area contributed by atoms with E-state index in [0.717, 1.165) is 17.5 Å². The first-order valence-electron chi connectivity index (χ1n) is 12.9. The number of hydrogen-bond donors (Lipinski definition) is 5. The second-order valence-electron chi connectivity index (χ2n) is 10.0. The number of halogens is 1. The van der Waals surface area contributed by atoms with Gasteiger partial charge in [-0.15, -0.1) is 0 Å². The Labute approximate surface area is 229 Å². The summed E-state index contributed by atoms with van der Waals surface area (Å²) in [4.78, 5) is 22.3. The number of aromatic hydroxyl groups is 2. The highest BCUT2D eigenvalue weighted by Crippen LogP contribution is 2.44. The van der Waals surface area contributed by atoms with Crippen LogP contribution in [-0.4, -0.2) is 58.8 Å². The van der Waals surface area contributed by atoms with Crippen molar-refractivity contribution in [2.75, 3.05) is 12.4 Å². The van der Waals surface area contributed by atoms with Crippen LogP contribution in [0.4, 0.5) is 16.0 Å². The highest BCUT2D eigenvalue weighted by molar-refractivity contribution is 5.85. The second-order valence-corrected chi connectivity index (χ2v) is 10.0. The zero-order valence-corrected chi connectivity index (χ0v) is 22.3. The van der Waals surface area contributed by atoms with E-state index in [1.165, 1.54) is 24.1 Å². The number of hydrogen-bond acceptors (Lipinski definition) is 9. The molecule has 13 heteroatoms. The Kier molecular flexibility index (Phi) is 7.39. The molecule has 1 saturated carbocycles. The van der Waals surface area contributed by atoms with Crippen molar-refractivity contribution in [3.05, 3.63) is 65.6 Å². The van der Waals surface area contributed by atoms with E-state index in [-0.39, 0.29) is 29.4 Å². The minimum atomic E-state index is -1.05. The van der Waals surface area contributed by atoms with Crippen LogP contribution in [0.1, 0.15) is 61.5 Å². The van der Waals surface area contributed by atoms with Gasteiger partial charge >= 0.3 is 0 Å². The third-order valence-corrected chi connectivity index (χ3v) is 7.35. The molecular formula is C27H31FN8O4. The molecule has 0 bridgehead atoms. The van der Waals surface area contributed by atoms with Crippen molar-refractivity contribution < 1.29 is 24.1 Å². The van der Waals surface area contributed by atoms with Gasteiger partial charge in [0.2, 0.25) is 0 Å². The lowest BCUT2D eigenvalue weighted by atomic mass is 9.76. The molecule has 5 N–H and O–H groups in total. The van der Waals surface area contributed by atoms with E-state index in [1.54, 1.807) is 24.4 Å². The third kappa shape index (κ3) is 5.45. The summed E-state index contributed by atoms with van der Waals surface area (Å²) in [5.74, 6) is -0.104. The number of aromatic nitrogens is 6. The maximum absolute atomic E-state index is 13.4. The summed E-state index contributed by atoms with van der Waals surface area (Å²) < 4.78 is 20.4. The molecule has 1 aliphatic rings. The lowest BCUT2D eigenvalue weighted by molar-refractivity contribution is -0.148. The summed E-state index contributed by atoms with van der Waals surface area (Å²) >= 11 is 0. The average molecular weight is 551 g/mol. The van der Waals surface area contributed by atoms with E-state index in [9.17, 15) is 19.4 Å². The van der Waals surface area contributed by atoms with Gasteiger partial charge in [-0.2, -0.15) is 10.2 Å². The normalized spacial score (nSPS) is 19.8. The quantitative estimate of drug-likeness (QED) is 0.219. The van der Waals surface area contributed by atoms with E-state index < -0.39 is 11.4 Å². The fourth-order valence-corrected chi connectivity index (χ4v) is 5.01. The number of H-pyrrole nitrogens is 1. The van der Waals surface area contributed by atoms with Crippen LogP contribution in [0.25, 0.3) is 5.82 Å². The molecule has 1 amide bonds. The molecule has 0 radical (unpaired) electrons. The van der Waals surface area contributed by atoms with Gasteiger partial charge in [-0.3, -0.25) is 9.89 Å². The van der Waals surface area contributed by atoms with E-state index in [1.807, 2.05) is 13.8 Å². The van der Waals surface area contributed by atoms with E-state index in [2.05, 4.69) is 35.9 Å². The molecule has 0 spiro atoms. The number of methoxy groups -OCH3 is 1. The Bertz CT molecular complexity index is 1490. The highest BCUT2D eigenvalue weighted by Gasteiger charge is 2.43. The molecule has 0 aromatic carbocycles. The van der Waals surface area contributed by atoms with Gasteiger partial charge in [0.05, 0.1) is 24.1 Å². The summed E-state index contributed by atoms with van der Waals surface area (Å²) in [5, 5.41) is 37.8. The maximum Gasteiger partial charge on any atom is 0.252 e. The summed E-state index contributed by atoms with van der Waals surface area (Å²) in [5.41, 5.74) is 0.938. The number of rotatable bonds is 8. The summed E-state index contributed by atoms with van der Waals surface area (Å²) in [7, 11) is 1.52.